The van der Waals surface area contributed by atoms with Crippen LogP contribution < -0.4 is 21.1 Å². The molecule has 8 nitrogen and oxygen atoms in total. The minimum atomic E-state index is -0.725. The number of aliphatic hydroxyl groups excluding tert-OH is 1. The number of anilines is 3. The van der Waals surface area contributed by atoms with Crippen molar-refractivity contribution in [2.75, 3.05) is 17.2 Å². The van der Waals surface area contributed by atoms with Gasteiger partial charge in [0.25, 0.3) is 0 Å². The van der Waals surface area contributed by atoms with Gasteiger partial charge in [-0.1, -0.05) is 36.3 Å². The van der Waals surface area contributed by atoms with Gasteiger partial charge in [0.2, 0.25) is 17.7 Å². The van der Waals surface area contributed by atoms with Crippen molar-refractivity contribution in [3.05, 3.63) is 70.3 Å². The monoisotopic (exact) mass is 495 g/mol. The lowest BCUT2D eigenvalue weighted by Crippen LogP contribution is -2.37. The van der Waals surface area contributed by atoms with E-state index in [1.807, 2.05) is 30.3 Å². The summed E-state index contributed by atoms with van der Waals surface area (Å²) in [6, 6.07) is 13.9. The number of nitrogens with zero attached hydrogens (tertiary/aromatic N) is 2. The van der Waals surface area contributed by atoms with Crippen LogP contribution in [0.15, 0.2) is 59.2 Å². The quantitative estimate of drug-likeness (QED) is 0.336. The zero-order valence-corrected chi connectivity index (χ0v) is 18.7. The summed E-state index contributed by atoms with van der Waals surface area (Å²) in [6.07, 6.45) is 7.16. The van der Waals surface area contributed by atoms with Gasteiger partial charge in [-0.2, -0.15) is 4.98 Å². The van der Waals surface area contributed by atoms with Gasteiger partial charge in [0.1, 0.15) is 0 Å². The van der Waals surface area contributed by atoms with Gasteiger partial charge in [0.05, 0.1) is 23.3 Å². The van der Waals surface area contributed by atoms with Crippen LogP contribution in [0.3, 0.4) is 0 Å². The number of aromatic nitrogens is 2. The summed E-state index contributed by atoms with van der Waals surface area (Å²) >= 11 is 3.31. The lowest BCUT2D eigenvalue weighted by molar-refractivity contribution is -0.117. The first-order valence-corrected chi connectivity index (χ1v) is 10.5. The summed E-state index contributed by atoms with van der Waals surface area (Å²) in [5.74, 6) is 2.59. The molecule has 0 aliphatic heterocycles. The highest BCUT2D eigenvalue weighted by molar-refractivity contribution is 9.10. The Kier molecular flexibility index (Phi) is 8.16. The first kappa shape index (κ1) is 23.2. The van der Waals surface area contributed by atoms with Gasteiger partial charge in [0, 0.05) is 11.4 Å². The maximum absolute atomic E-state index is 12.6. The van der Waals surface area contributed by atoms with Crippen molar-refractivity contribution in [2.45, 2.75) is 19.1 Å². The Labute approximate surface area is 194 Å². The molecule has 0 fully saturated rings. The largest absolute Gasteiger partial charge is 0.464 e. The van der Waals surface area contributed by atoms with Crippen LogP contribution >= 0.6 is 15.9 Å². The number of ether oxygens (including phenoxy) is 1. The van der Waals surface area contributed by atoms with Gasteiger partial charge in [-0.25, -0.2) is 4.98 Å². The van der Waals surface area contributed by atoms with Crippen LogP contribution in [0.1, 0.15) is 11.1 Å². The highest BCUT2D eigenvalue weighted by Crippen LogP contribution is 2.26. The van der Waals surface area contributed by atoms with Crippen LogP contribution in [0.2, 0.25) is 0 Å². The third-order valence-electron chi connectivity index (χ3n) is 4.34. The van der Waals surface area contributed by atoms with E-state index in [1.165, 1.54) is 6.20 Å². The molecule has 32 heavy (non-hydrogen) atoms. The molecule has 0 saturated heterocycles. The van der Waals surface area contributed by atoms with Crippen LogP contribution in [0, 0.1) is 12.3 Å². The van der Waals surface area contributed by atoms with Crippen LogP contribution in [-0.2, 0) is 17.8 Å². The number of aliphatic hydroxyl groups is 1. The standard InChI is InChI=1S/C23H22BrN5O3/c1-2-8-32-22-19(24)13-26-23(29-22)28-18-10-16(14-30)9-17(12-18)27-21(31)20(25)11-15-6-4-3-5-7-15/h1,3-7,9-10,12-13,20,30H,8,11,14,25H2,(H,27,31)(H,26,28,29). The van der Waals surface area contributed by atoms with Gasteiger partial charge in [-0.05, 0) is 51.7 Å². The van der Waals surface area contributed by atoms with Gasteiger partial charge >= 0.3 is 0 Å². The van der Waals surface area contributed by atoms with Crippen molar-refractivity contribution in [3.63, 3.8) is 0 Å². The Morgan fingerprint density at radius 2 is 1.97 bits per heavy atom. The van der Waals surface area contributed by atoms with Gasteiger partial charge < -0.3 is 26.2 Å². The Balaban J connectivity index is 1.74. The molecule has 1 unspecified atom stereocenters. The molecule has 0 aliphatic rings. The lowest BCUT2D eigenvalue weighted by atomic mass is 10.1. The number of carbonyl (C=O) groups is 1. The summed E-state index contributed by atoms with van der Waals surface area (Å²) in [5.41, 5.74) is 8.67. The number of carbonyl (C=O) groups excluding carboxylic acids is 1. The molecule has 1 heterocycles. The third kappa shape index (κ3) is 6.52. The van der Waals surface area contributed by atoms with Crippen molar-refractivity contribution in [1.29, 1.82) is 0 Å². The highest BCUT2D eigenvalue weighted by Gasteiger charge is 2.15. The number of hydrogen-bond donors (Lipinski definition) is 4. The average Bonchev–Trinajstić information content (AvgIpc) is 2.79. The van der Waals surface area contributed by atoms with Crippen LogP contribution in [0.25, 0.3) is 0 Å². The Morgan fingerprint density at radius 1 is 1.22 bits per heavy atom. The maximum Gasteiger partial charge on any atom is 0.241 e. The molecular weight excluding hydrogens is 474 g/mol. The van der Waals surface area contributed by atoms with Crippen molar-refractivity contribution >= 4 is 39.2 Å². The Hall–Kier alpha value is -3.45. The molecule has 1 aromatic heterocycles. The molecular formula is C23H22BrN5O3. The van der Waals surface area contributed by atoms with Crippen LogP contribution in [0.4, 0.5) is 17.3 Å². The Morgan fingerprint density at radius 3 is 2.69 bits per heavy atom. The molecule has 0 spiro atoms. The fourth-order valence-electron chi connectivity index (χ4n) is 2.88. The predicted octanol–water partition coefficient (Wildman–Crippen LogP) is 3.00. The second-order valence-electron chi connectivity index (χ2n) is 6.83. The van der Waals surface area contributed by atoms with E-state index in [4.69, 9.17) is 16.9 Å². The number of halogens is 1. The van der Waals surface area contributed by atoms with Crippen molar-refractivity contribution in [2.24, 2.45) is 5.73 Å². The zero-order valence-electron chi connectivity index (χ0n) is 17.1. The number of rotatable bonds is 9. The van der Waals surface area contributed by atoms with E-state index in [0.717, 1.165) is 5.56 Å². The molecule has 164 valence electrons. The number of benzene rings is 2. The molecule has 0 radical (unpaired) electrons. The summed E-state index contributed by atoms with van der Waals surface area (Å²) in [7, 11) is 0. The number of terminal acetylenes is 1. The molecule has 3 aromatic rings. The van der Waals surface area contributed by atoms with Crippen molar-refractivity contribution < 1.29 is 14.6 Å². The van der Waals surface area contributed by atoms with E-state index in [-0.39, 0.29) is 25.1 Å². The SMILES string of the molecule is C#CCOc1nc(Nc2cc(CO)cc(NC(=O)C(N)Cc3ccccc3)c2)ncc1Br. The molecule has 2 aromatic carbocycles. The van der Waals surface area contributed by atoms with E-state index in [2.05, 4.69) is 42.5 Å². The molecule has 0 saturated carbocycles. The van der Waals surface area contributed by atoms with Gasteiger partial charge in [0.15, 0.2) is 6.61 Å². The summed E-state index contributed by atoms with van der Waals surface area (Å²) in [4.78, 5) is 21.0. The van der Waals surface area contributed by atoms with Gasteiger partial charge in [-0.15, -0.1) is 6.42 Å². The smallest absolute Gasteiger partial charge is 0.241 e. The average molecular weight is 496 g/mol. The Bertz CT molecular complexity index is 1120. The lowest BCUT2D eigenvalue weighted by Gasteiger charge is -2.15. The third-order valence-corrected chi connectivity index (χ3v) is 4.88. The predicted molar refractivity (Wildman–Crippen MR) is 126 cm³/mol. The number of amides is 1. The minimum absolute atomic E-state index is 0.0640. The molecule has 0 bridgehead atoms. The topological polar surface area (TPSA) is 122 Å². The number of nitrogens with one attached hydrogen (secondary N) is 2. The van der Waals surface area contributed by atoms with E-state index in [1.54, 1.807) is 18.2 Å². The van der Waals surface area contributed by atoms with E-state index in [0.29, 0.717) is 33.7 Å². The number of nitrogens with two attached hydrogens (primary N) is 1. The first-order chi connectivity index (χ1) is 15.5. The van der Waals surface area contributed by atoms with E-state index in [9.17, 15) is 9.90 Å². The second-order valence-corrected chi connectivity index (χ2v) is 7.68. The molecule has 0 aliphatic carbocycles. The van der Waals surface area contributed by atoms with Crippen LogP contribution in [-0.4, -0.2) is 33.6 Å². The van der Waals surface area contributed by atoms with E-state index >= 15 is 0 Å². The van der Waals surface area contributed by atoms with Gasteiger partial charge in [-0.3, -0.25) is 4.79 Å². The highest BCUT2D eigenvalue weighted by atomic mass is 79.9. The molecule has 5 N–H and O–H groups in total. The number of hydrogen-bond acceptors (Lipinski definition) is 7. The normalized spacial score (nSPS) is 11.3. The summed E-state index contributed by atoms with van der Waals surface area (Å²) < 4.78 is 5.93. The van der Waals surface area contributed by atoms with E-state index < -0.39 is 6.04 Å². The van der Waals surface area contributed by atoms with Crippen molar-refractivity contribution in [1.82, 2.24) is 9.97 Å². The maximum atomic E-state index is 12.6. The van der Waals surface area contributed by atoms with Crippen molar-refractivity contribution in [3.8, 4) is 18.2 Å². The summed E-state index contributed by atoms with van der Waals surface area (Å²) in [5, 5.41) is 15.5. The molecule has 1 atom stereocenters. The molecule has 1 amide bonds. The fraction of sp³-hybridized carbons (Fsp3) is 0.174. The zero-order chi connectivity index (χ0) is 22.9. The molecule has 3 rings (SSSR count). The minimum Gasteiger partial charge on any atom is -0.464 e. The summed E-state index contributed by atoms with van der Waals surface area (Å²) in [6.45, 7) is -0.152. The fourth-order valence-corrected chi connectivity index (χ4v) is 3.18. The second kappa shape index (κ2) is 11.2. The molecule has 9 heteroatoms. The van der Waals surface area contributed by atoms with Crippen LogP contribution in [0.5, 0.6) is 5.88 Å². The first-order valence-electron chi connectivity index (χ1n) is 9.69.